The summed E-state index contributed by atoms with van der Waals surface area (Å²) >= 11 is 0. The fourth-order valence-corrected chi connectivity index (χ4v) is 3.09. The van der Waals surface area contributed by atoms with Gasteiger partial charge in [0.25, 0.3) is 5.56 Å². The molecule has 4 heterocycles. The third kappa shape index (κ3) is 3.31. The molecule has 0 saturated carbocycles. The van der Waals surface area contributed by atoms with Crippen molar-refractivity contribution >= 4 is 5.95 Å². The normalized spacial score (nSPS) is 14.0. The first-order valence-corrected chi connectivity index (χ1v) is 8.46. The molecule has 0 atom stereocenters. The van der Waals surface area contributed by atoms with Crippen LogP contribution < -0.4 is 10.9 Å². The standard InChI is InChI=1S/C18H19N7O/c1-19-18-21-8-12(9-22-18)10-25-7-4-15-14(11-25)17(26)24-16(23-15)13-2-5-20-6-3-13/h2-3,5-6,8-9H,4,7,10-11H2,1H3,(H,19,21,22)(H,23,24,26). The monoisotopic (exact) mass is 349 g/mol. The Morgan fingerprint density at radius 3 is 2.73 bits per heavy atom. The van der Waals surface area contributed by atoms with Crippen molar-refractivity contribution in [3.63, 3.8) is 0 Å². The third-order valence-electron chi connectivity index (χ3n) is 4.44. The molecular weight excluding hydrogens is 330 g/mol. The molecule has 3 aromatic heterocycles. The van der Waals surface area contributed by atoms with Crippen molar-refractivity contribution in [2.45, 2.75) is 19.5 Å². The lowest BCUT2D eigenvalue weighted by molar-refractivity contribution is 0.241. The van der Waals surface area contributed by atoms with Gasteiger partial charge in [0, 0.05) is 69.0 Å². The quantitative estimate of drug-likeness (QED) is 0.730. The highest BCUT2D eigenvalue weighted by Crippen LogP contribution is 2.19. The largest absolute Gasteiger partial charge is 0.357 e. The van der Waals surface area contributed by atoms with Gasteiger partial charge in [0.15, 0.2) is 0 Å². The van der Waals surface area contributed by atoms with Crippen LogP contribution in [0, 0.1) is 0 Å². The average Bonchev–Trinajstić information content (AvgIpc) is 2.69. The Kier molecular flexibility index (Phi) is 4.40. The number of nitrogens with one attached hydrogen (secondary N) is 2. The maximum Gasteiger partial charge on any atom is 0.255 e. The summed E-state index contributed by atoms with van der Waals surface area (Å²) in [6.45, 7) is 2.12. The molecule has 0 bridgehead atoms. The van der Waals surface area contributed by atoms with Crippen LogP contribution in [0.4, 0.5) is 5.95 Å². The number of anilines is 1. The predicted molar refractivity (Wildman–Crippen MR) is 97.5 cm³/mol. The van der Waals surface area contributed by atoms with Gasteiger partial charge in [-0.05, 0) is 12.1 Å². The summed E-state index contributed by atoms with van der Waals surface area (Å²) in [6.07, 6.45) is 7.75. The van der Waals surface area contributed by atoms with Gasteiger partial charge >= 0.3 is 0 Å². The first kappa shape index (κ1) is 16.3. The van der Waals surface area contributed by atoms with Gasteiger partial charge in [0.1, 0.15) is 5.82 Å². The summed E-state index contributed by atoms with van der Waals surface area (Å²) in [5, 5.41) is 2.90. The summed E-state index contributed by atoms with van der Waals surface area (Å²) < 4.78 is 0. The van der Waals surface area contributed by atoms with Crippen molar-refractivity contribution in [2.24, 2.45) is 0 Å². The Labute approximate surface area is 150 Å². The number of hydrogen-bond donors (Lipinski definition) is 2. The van der Waals surface area contributed by atoms with Crippen LogP contribution >= 0.6 is 0 Å². The van der Waals surface area contributed by atoms with E-state index in [-0.39, 0.29) is 5.56 Å². The van der Waals surface area contributed by atoms with Crippen LogP contribution in [-0.2, 0) is 19.5 Å². The van der Waals surface area contributed by atoms with Crippen molar-refractivity contribution in [3.05, 3.63) is 64.1 Å². The Hall–Kier alpha value is -3.13. The minimum atomic E-state index is -0.0757. The van der Waals surface area contributed by atoms with E-state index in [0.717, 1.165) is 35.3 Å². The SMILES string of the molecule is CNc1ncc(CN2CCc3nc(-c4ccncc4)[nH]c(=O)c3C2)cn1. The van der Waals surface area contributed by atoms with E-state index in [1.54, 1.807) is 19.4 Å². The minimum Gasteiger partial charge on any atom is -0.357 e. The van der Waals surface area contributed by atoms with Gasteiger partial charge in [0.05, 0.1) is 11.3 Å². The number of fused-ring (bicyclic) bond motifs is 1. The smallest absolute Gasteiger partial charge is 0.255 e. The molecule has 0 aliphatic carbocycles. The lowest BCUT2D eigenvalue weighted by Crippen LogP contribution is -2.35. The molecule has 8 heteroatoms. The molecule has 1 aliphatic heterocycles. The highest BCUT2D eigenvalue weighted by molar-refractivity contribution is 5.54. The second-order valence-electron chi connectivity index (χ2n) is 6.20. The maximum absolute atomic E-state index is 12.6. The van der Waals surface area contributed by atoms with E-state index >= 15 is 0 Å². The second-order valence-corrected chi connectivity index (χ2v) is 6.20. The molecule has 132 valence electrons. The van der Waals surface area contributed by atoms with Crippen molar-refractivity contribution in [1.29, 1.82) is 0 Å². The maximum atomic E-state index is 12.6. The number of pyridine rings is 1. The molecule has 0 unspecified atom stereocenters. The molecule has 0 fully saturated rings. The van der Waals surface area contributed by atoms with Crippen LogP contribution in [0.1, 0.15) is 16.8 Å². The van der Waals surface area contributed by atoms with Crippen molar-refractivity contribution in [1.82, 2.24) is 29.8 Å². The van der Waals surface area contributed by atoms with E-state index < -0.39 is 0 Å². The Bertz CT molecular complexity index is 954. The van der Waals surface area contributed by atoms with Gasteiger partial charge < -0.3 is 10.3 Å². The van der Waals surface area contributed by atoms with Crippen LogP contribution in [0.25, 0.3) is 11.4 Å². The molecule has 2 N–H and O–H groups in total. The second kappa shape index (κ2) is 7.01. The van der Waals surface area contributed by atoms with Gasteiger partial charge in [0.2, 0.25) is 5.95 Å². The van der Waals surface area contributed by atoms with Crippen LogP contribution in [-0.4, -0.2) is 43.4 Å². The van der Waals surface area contributed by atoms with Crippen LogP contribution in [0.5, 0.6) is 0 Å². The van der Waals surface area contributed by atoms with Gasteiger partial charge in [-0.2, -0.15) is 0 Å². The molecule has 1 aliphatic rings. The van der Waals surface area contributed by atoms with Gasteiger partial charge in [-0.15, -0.1) is 0 Å². The zero-order chi connectivity index (χ0) is 17.9. The number of aromatic amines is 1. The Morgan fingerprint density at radius 2 is 2.00 bits per heavy atom. The number of nitrogens with zero attached hydrogens (tertiary/aromatic N) is 5. The zero-order valence-electron chi connectivity index (χ0n) is 14.4. The Morgan fingerprint density at radius 1 is 1.23 bits per heavy atom. The summed E-state index contributed by atoms with van der Waals surface area (Å²) in [5.41, 5.74) is 3.42. The molecule has 0 radical (unpaired) electrons. The summed E-state index contributed by atoms with van der Waals surface area (Å²) in [6, 6.07) is 3.68. The molecule has 0 amide bonds. The summed E-state index contributed by atoms with van der Waals surface area (Å²) in [7, 11) is 1.79. The fraction of sp³-hybridized carbons (Fsp3) is 0.278. The number of aromatic nitrogens is 5. The highest BCUT2D eigenvalue weighted by Gasteiger charge is 2.21. The lowest BCUT2D eigenvalue weighted by atomic mass is 10.1. The fourth-order valence-electron chi connectivity index (χ4n) is 3.09. The van der Waals surface area contributed by atoms with E-state index in [0.29, 0.717) is 24.9 Å². The number of H-pyrrole nitrogens is 1. The van der Waals surface area contributed by atoms with Gasteiger partial charge in [-0.1, -0.05) is 0 Å². The van der Waals surface area contributed by atoms with E-state index in [4.69, 9.17) is 0 Å². The first-order valence-electron chi connectivity index (χ1n) is 8.46. The molecule has 4 rings (SSSR count). The molecule has 0 spiro atoms. The van der Waals surface area contributed by atoms with E-state index in [2.05, 4.69) is 35.1 Å². The van der Waals surface area contributed by atoms with Crippen LogP contribution in [0.3, 0.4) is 0 Å². The molecule has 8 nitrogen and oxygen atoms in total. The number of hydrogen-bond acceptors (Lipinski definition) is 7. The highest BCUT2D eigenvalue weighted by atomic mass is 16.1. The predicted octanol–water partition coefficient (Wildman–Crippen LogP) is 1.22. The lowest BCUT2D eigenvalue weighted by Gasteiger charge is -2.27. The minimum absolute atomic E-state index is 0.0757. The first-order chi connectivity index (χ1) is 12.7. The molecular formula is C18H19N7O. The zero-order valence-corrected chi connectivity index (χ0v) is 14.4. The molecule has 3 aromatic rings. The van der Waals surface area contributed by atoms with Crippen molar-refractivity contribution in [2.75, 3.05) is 18.9 Å². The average molecular weight is 349 g/mol. The van der Waals surface area contributed by atoms with Gasteiger partial charge in [-0.3, -0.25) is 14.7 Å². The van der Waals surface area contributed by atoms with E-state index in [9.17, 15) is 4.79 Å². The molecule has 26 heavy (non-hydrogen) atoms. The van der Waals surface area contributed by atoms with Crippen LogP contribution in [0.2, 0.25) is 0 Å². The summed E-state index contributed by atoms with van der Waals surface area (Å²) in [5.74, 6) is 1.20. The van der Waals surface area contributed by atoms with E-state index in [1.165, 1.54) is 0 Å². The van der Waals surface area contributed by atoms with Gasteiger partial charge in [-0.25, -0.2) is 15.0 Å². The molecule has 0 aromatic carbocycles. The summed E-state index contributed by atoms with van der Waals surface area (Å²) in [4.78, 5) is 34.8. The topological polar surface area (TPSA) is 99.7 Å². The van der Waals surface area contributed by atoms with Crippen molar-refractivity contribution in [3.8, 4) is 11.4 Å². The van der Waals surface area contributed by atoms with E-state index in [1.807, 2.05) is 24.5 Å². The van der Waals surface area contributed by atoms with Crippen LogP contribution in [0.15, 0.2) is 41.7 Å². The third-order valence-corrected chi connectivity index (χ3v) is 4.44. The molecule has 0 saturated heterocycles. The Balaban J connectivity index is 1.54. The number of rotatable bonds is 4. The van der Waals surface area contributed by atoms with Crippen molar-refractivity contribution < 1.29 is 0 Å².